The van der Waals surface area contributed by atoms with Crippen molar-refractivity contribution in [1.82, 2.24) is 9.88 Å². The summed E-state index contributed by atoms with van der Waals surface area (Å²) in [6.45, 7) is 3.35. The van der Waals surface area contributed by atoms with E-state index in [0.717, 1.165) is 12.8 Å². The van der Waals surface area contributed by atoms with E-state index in [-0.39, 0.29) is 18.1 Å². The van der Waals surface area contributed by atoms with Crippen molar-refractivity contribution in [3.63, 3.8) is 0 Å². The monoisotopic (exact) mass is 346 g/mol. The van der Waals surface area contributed by atoms with Crippen LogP contribution in [0.15, 0.2) is 35.2 Å². The lowest BCUT2D eigenvalue weighted by atomic mass is 10.1. The molecule has 6 heteroatoms. The van der Waals surface area contributed by atoms with E-state index in [4.69, 9.17) is 9.47 Å². The Morgan fingerprint density at radius 2 is 2.42 bits per heavy atom. The highest BCUT2D eigenvalue weighted by molar-refractivity contribution is 7.07. The summed E-state index contributed by atoms with van der Waals surface area (Å²) in [5.74, 6) is 0.461. The third kappa shape index (κ3) is 4.13. The van der Waals surface area contributed by atoms with Gasteiger partial charge in [-0.05, 0) is 41.8 Å². The summed E-state index contributed by atoms with van der Waals surface area (Å²) in [4.78, 5) is 18.7. The Hall–Kier alpha value is -1.92. The van der Waals surface area contributed by atoms with Crippen molar-refractivity contribution in [2.75, 3.05) is 20.3 Å². The molecule has 3 rings (SSSR count). The maximum atomic E-state index is 12.7. The van der Waals surface area contributed by atoms with Crippen LogP contribution in [-0.2, 0) is 11.2 Å². The van der Waals surface area contributed by atoms with Crippen molar-refractivity contribution in [2.45, 2.75) is 31.9 Å². The van der Waals surface area contributed by atoms with Gasteiger partial charge in [-0.3, -0.25) is 4.79 Å². The largest absolute Gasteiger partial charge is 0.472 e. The second-order valence-electron chi connectivity index (χ2n) is 6.09. The van der Waals surface area contributed by atoms with E-state index in [1.165, 1.54) is 5.56 Å². The number of amides is 1. The van der Waals surface area contributed by atoms with Gasteiger partial charge in [-0.1, -0.05) is 0 Å². The smallest absolute Gasteiger partial charge is 0.254 e. The van der Waals surface area contributed by atoms with Gasteiger partial charge in [0.05, 0.1) is 13.2 Å². The first-order valence-corrected chi connectivity index (χ1v) is 9.06. The molecule has 1 amide bonds. The second kappa shape index (κ2) is 7.77. The minimum absolute atomic E-state index is 0.0207. The molecule has 0 N–H and O–H groups in total. The third-order valence-electron chi connectivity index (χ3n) is 4.25. The minimum Gasteiger partial charge on any atom is -0.472 e. The van der Waals surface area contributed by atoms with Gasteiger partial charge in [-0.2, -0.15) is 11.3 Å². The van der Waals surface area contributed by atoms with Crippen LogP contribution in [0.3, 0.4) is 0 Å². The highest BCUT2D eigenvalue weighted by atomic mass is 32.1. The van der Waals surface area contributed by atoms with E-state index in [2.05, 4.69) is 28.7 Å². The van der Waals surface area contributed by atoms with Gasteiger partial charge in [0.25, 0.3) is 5.91 Å². The second-order valence-corrected chi connectivity index (χ2v) is 6.87. The van der Waals surface area contributed by atoms with E-state index < -0.39 is 0 Å². The molecule has 5 nitrogen and oxygen atoms in total. The van der Waals surface area contributed by atoms with Crippen LogP contribution in [0.1, 0.15) is 29.3 Å². The number of aromatic nitrogens is 1. The van der Waals surface area contributed by atoms with Gasteiger partial charge in [0, 0.05) is 37.3 Å². The Kier molecular flexibility index (Phi) is 5.48. The fraction of sp³-hybridized carbons (Fsp3) is 0.444. The number of pyridine rings is 1. The Morgan fingerprint density at radius 1 is 1.54 bits per heavy atom. The average molecular weight is 346 g/mol. The number of nitrogens with zero attached hydrogens (tertiary/aromatic N) is 2. The number of rotatable bonds is 6. The van der Waals surface area contributed by atoms with Gasteiger partial charge in [0.2, 0.25) is 5.88 Å². The molecule has 0 spiro atoms. The van der Waals surface area contributed by atoms with Crippen LogP contribution in [0.5, 0.6) is 5.88 Å². The number of hydrogen-bond acceptors (Lipinski definition) is 5. The number of carbonyl (C=O) groups excluding carboxylic acids is 1. The molecule has 2 aromatic heterocycles. The van der Waals surface area contributed by atoms with Crippen molar-refractivity contribution in [3.8, 4) is 5.88 Å². The van der Waals surface area contributed by atoms with Crippen LogP contribution in [0.25, 0.3) is 0 Å². The summed E-state index contributed by atoms with van der Waals surface area (Å²) in [7, 11) is 1.84. The molecule has 0 radical (unpaired) electrons. The lowest BCUT2D eigenvalue weighted by molar-refractivity contribution is 0.0742. The fourth-order valence-corrected chi connectivity index (χ4v) is 3.36. The van der Waals surface area contributed by atoms with Crippen LogP contribution in [-0.4, -0.2) is 48.2 Å². The predicted molar refractivity (Wildman–Crippen MR) is 93.7 cm³/mol. The molecule has 1 aliphatic rings. The molecule has 0 saturated carbocycles. The van der Waals surface area contributed by atoms with Crippen molar-refractivity contribution < 1.29 is 14.3 Å². The van der Waals surface area contributed by atoms with Crippen molar-refractivity contribution in [1.29, 1.82) is 0 Å². The first-order chi connectivity index (χ1) is 11.6. The quantitative estimate of drug-likeness (QED) is 0.807. The van der Waals surface area contributed by atoms with Crippen LogP contribution < -0.4 is 4.74 Å². The molecule has 2 aromatic rings. The van der Waals surface area contributed by atoms with E-state index in [9.17, 15) is 4.79 Å². The number of hydrogen-bond donors (Lipinski definition) is 0. The Bertz CT molecular complexity index is 669. The average Bonchev–Trinajstić information content (AvgIpc) is 3.27. The van der Waals surface area contributed by atoms with E-state index in [0.29, 0.717) is 24.7 Å². The van der Waals surface area contributed by atoms with E-state index in [1.807, 2.05) is 7.05 Å². The van der Waals surface area contributed by atoms with Gasteiger partial charge in [0.1, 0.15) is 6.10 Å². The molecule has 0 aliphatic carbocycles. The van der Waals surface area contributed by atoms with Gasteiger partial charge >= 0.3 is 0 Å². The zero-order chi connectivity index (χ0) is 16.9. The number of carbonyl (C=O) groups is 1. The molecule has 1 aliphatic heterocycles. The Labute approximate surface area is 146 Å². The molecule has 2 atom stereocenters. The zero-order valence-corrected chi connectivity index (χ0v) is 14.8. The Morgan fingerprint density at radius 3 is 3.12 bits per heavy atom. The summed E-state index contributed by atoms with van der Waals surface area (Å²) in [5.41, 5.74) is 1.85. The van der Waals surface area contributed by atoms with Gasteiger partial charge in [-0.25, -0.2) is 4.98 Å². The molecule has 128 valence electrons. The highest BCUT2D eigenvalue weighted by Crippen LogP contribution is 2.18. The first kappa shape index (κ1) is 16.9. The molecule has 1 saturated heterocycles. The standard InChI is InChI=1S/C18H22N2O3S/c1-13(9-14-5-8-24-12-14)20(2)18(21)15-3-6-19-17(10-15)23-16-4-7-22-11-16/h3,5-6,8,10,12-13,16H,4,7,9,11H2,1-2H3/t13-,16-/m1/s1. The van der Waals surface area contributed by atoms with Crippen LogP contribution >= 0.6 is 11.3 Å². The molecular formula is C18H22N2O3S. The molecule has 1 fully saturated rings. The van der Waals surface area contributed by atoms with Crippen molar-refractivity contribution >= 4 is 17.2 Å². The maximum absolute atomic E-state index is 12.7. The third-order valence-corrected chi connectivity index (χ3v) is 4.98. The topological polar surface area (TPSA) is 51.7 Å². The van der Waals surface area contributed by atoms with Crippen LogP contribution in [0.4, 0.5) is 0 Å². The number of thiophene rings is 1. The van der Waals surface area contributed by atoms with E-state index in [1.54, 1.807) is 34.6 Å². The highest BCUT2D eigenvalue weighted by Gasteiger charge is 2.21. The van der Waals surface area contributed by atoms with Gasteiger partial charge in [-0.15, -0.1) is 0 Å². The normalized spacial score (nSPS) is 18.3. The molecule has 3 heterocycles. The van der Waals surface area contributed by atoms with Crippen molar-refractivity contribution in [3.05, 3.63) is 46.3 Å². The molecule has 0 aromatic carbocycles. The minimum atomic E-state index is -0.0207. The van der Waals surface area contributed by atoms with Gasteiger partial charge in [0.15, 0.2) is 0 Å². The number of ether oxygens (including phenoxy) is 2. The summed E-state index contributed by atoms with van der Waals surface area (Å²) in [6, 6.07) is 5.66. The fourth-order valence-electron chi connectivity index (χ4n) is 2.67. The SMILES string of the molecule is C[C@H](Cc1ccsc1)N(C)C(=O)c1ccnc(O[C@@H]2CCOC2)c1. The predicted octanol–water partition coefficient (Wildman–Crippen LogP) is 3.01. The summed E-state index contributed by atoms with van der Waals surface area (Å²) >= 11 is 1.68. The number of likely N-dealkylation sites (N-methyl/N-ethyl adjacent to an activating group) is 1. The molecule has 24 heavy (non-hydrogen) atoms. The summed E-state index contributed by atoms with van der Waals surface area (Å²) in [5, 5.41) is 4.18. The Balaban J connectivity index is 1.64. The molecular weight excluding hydrogens is 324 g/mol. The maximum Gasteiger partial charge on any atom is 0.254 e. The van der Waals surface area contributed by atoms with E-state index >= 15 is 0 Å². The lowest BCUT2D eigenvalue weighted by Gasteiger charge is -2.25. The van der Waals surface area contributed by atoms with Gasteiger partial charge < -0.3 is 14.4 Å². The summed E-state index contributed by atoms with van der Waals surface area (Å²) in [6.07, 6.45) is 3.35. The lowest BCUT2D eigenvalue weighted by Crippen LogP contribution is -2.36. The molecule has 0 bridgehead atoms. The first-order valence-electron chi connectivity index (χ1n) is 8.12. The molecule has 0 unspecified atom stereocenters. The zero-order valence-electron chi connectivity index (χ0n) is 14.0. The van der Waals surface area contributed by atoms with Crippen LogP contribution in [0.2, 0.25) is 0 Å². The van der Waals surface area contributed by atoms with Crippen molar-refractivity contribution in [2.24, 2.45) is 0 Å². The summed E-state index contributed by atoms with van der Waals surface area (Å²) < 4.78 is 11.1. The van der Waals surface area contributed by atoms with Crippen LogP contribution in [0, 0.1) is 0 Å².